The van der Waals surface area contributed by atoms with Crippen LogP contribution in [0.4, 0.5) is 0 Å². The molecule has 0 bridgehead atoms. The number of aromatic amines is 1. The predicted molar refractivity (Wildman–Crippen MR) is 129 cm³/mol. The standard InChI is InChI=1S/C27H29N3O3/c1-33-22-9-10-25-23(16-22)24(17-28-25)19-12-14-30(15-13-19)26(31)11-4-18-2-5-20(6-3-18)27(32)29-21-7-8-21/h2-6,9-11,16-17,19,21,28H,7-8,12-15H2,1H3,(H,29,32)/b11-4+. The number of fused-ring (bicyclic) bond motifs is 1. The summed E-state index contributed by atoms with van der Waals surface area (Å²) >= 11 is 0. The Morgan fingerprint density at radius 3 is 2.52 bits per heavy atom. The molecule has 6 nitrogen and oxygen atoms in total. The molecular formula is C27H29N3O3. The van der Waals surface area contributed by atoms with Gasteiger partial charge in [-0.2, -0.15) is 0 Å². The van der Waals surface area contributed by atoms with Crippen molar-refractivity contribution in [3.63, 3.8) is 0 Å². The number of ether oxygens (including phenoxy) is 1. The van der Waals surface area contributed by atoms with Crippen molar-refractivity contribution in [3.8, 4) is 5.75 Å². The smallest absolute Gasteiger partial charge is 0.251 e. The van der Waals surface area contributed by atoms with Gasteiger partial charge in [0.15, 0.2) is 0 Å². The van der Waals surface area contributed by atoms with Crippen LogP contribution in [-0.4, -0.2) is 47.9 Å². The maximum absolute atomic E-state index is 12.7. The summed E-state index contributed by atoms with van der Waals surface area (Å²) in [6.07, 6.45) is 9.58. The third-order valence-electron chi connectivity index (χ3n) is 6.67. The van der Waals surface area contributed by atoms with Crippen molar-refractivity contribution >= 4 is 28.8 Å². The fourth-order valence-electron chi connectivity index (χ4n) is 4.51. The van der Waals surface area contributed by atoms with E-state index < -0.39 is 0 Å². The van der Waals surface area contributed by atoms with E-state index in [0.29, 0.717) is 17.5 Å². The lowest BCUT2D eigenvalue weighted by Crippen LogP contribution is -2.36. The van der Waals surface area contributed by atoms with Gasteiger partial charge in [-0.3, -0.25) is 9.59 Å². The Morgan fingerprint density at radius 1 is 1.06 bits per heavy atom. The van der Waals surface area contributed by atoms with Gasteiger partial charge in [-0.1, -0.05) is 12.1 Å². The van der Waals surface area contributed by atoms with Crippen molar-refractivity contribution in [3.05, 3.63) is 71.4 Å². The van der Waals surface area contributed by atoms with Crippen molar-refractivity contribution in [1.29, 1.82) is 0 Å². The number of nitrogens with one attached hydrogen (secondary N) is 2. The number of hydrogen-bond acceptors (Lipinski definition) is 3. The van der Waals surface area contributed by atoms with Crippen molar-refractivity contribution in [2.75, 3.05) is 20.2 Å². The van der Waals surface area contributed by atoms with Gasteiger partial charge < -0.3 is 19.9 Å². The van der Waals surface area contributed by atoms with Crippen molar-refractivity contribution in [2.24, 2.45) is 0 Å². The van der Waals surface area contributed by atoms with Crippen molar-refractivity contribution < 1.29 is 14.3 Å². The molecule has 6 heteroatoms. The number of rotatable bonds is 6. The second-order valence-corrected chi connectivity index (χ2v) is 8.96. The lowest BCUT2D eigenvalue weighted by atomic mass is 9.89. The van der Waals surface area contributed by atoms with Crippen LogP contribution >= 0.6 is 0 Å². The highest BCUT2D eigenvalue weighted by molar-refractivity contribution is 5.95. The van der Waals surface area contributed by atoms with E-state index in [2.05, 4.69) is 22.6 Å². The fraction of sp³-hybridized carbons (Fsp3) is 0.333. The van der Waals surface area contributed by atoms with Gasteiger partial charge in [0.05, 0.1) is 7.11 Å². The van der Waals surface area contributed by atoms with Crippen LogP contribution in [-0.2, 0) is 4.79 Å². The SMILES string of the molecule is COc1ccc2[nH]cc(C3CCN(C(=O)/C=C/c4ccc(C(=O)NC5CC5)cc4)CC3)c2c1. The molecule has 1 saturated heterocycles. The topological polar surface area (TPSA) is 74.4 Å². The third kappa shape index (κ3) is 4.80. The molecule has 2 heterocycles. The Hall–Kier alpha value is -3.54. The second kappa shape index (κ2) is 9.14. The molecule has 2 aromatic carbocycles. The largest absolute Gasteiger partial charge is 0.497 e. The number of hydrogen-bond donors (Lipinski definition) is 2. The Kier molecular flexibility index (Phi) is 5.90. The monoisotopic (exact) mass is 443 g/mol. The Morgan fingerprint density at radius 2 is 1.82 bits per heavy atom. The molecule has 1 aliphatic carbocycles. The summed E-state index contributed by atoms with van der Waals surface area (Å²) < 4.78 is 5.39. The van der Waals surface area contributed by atoms with E-state index in [4.69, 9.17) is 4.74 Å². The van der Waals surface area contributed by atoms with E-state index in [0.717, 1.165) is 55.6 Å². The van der Waals surface area contributed by atoms with Gasteiger partial charge in [-0.25, -0.2) is 0 Å². The number of likely N-dealkylation sites (tertiary alicyclic amines) is 1. The molecule has 1 aliphatic heterocycles. The molecule has 1 saturated carbocycles. The predicted octanol–water partition coefficient (Wildman–Crippen LogP) is 4.49. The zero-order valence-corrected chi connectivity index (χ0v) is 18.8. The van der Waals surface area contributed by atoms with E-state index in [9.17, 15) is 9.59 Å². The number of aromatic nitrogens is 1. The van der Waals surface area contributed by atoms with E-state index >= 15 is 0 Å². The minimum atomic E-state index is -0.0272. The van der Waals surface area contributed by atoms with Crippen molar-refractivity contribution in [1.82, 2.24) is 15.2 Å². The molecule has 2 fully saturated rings. The molecule has 33 heavy (non-hydrogen) atoms. The summed E-state index contributed by atoms with van der Waals surface area (Å²) in [7, 11) is 1.69. The number of amides is 2. The van der Waals surface area contributed by atoms with Crippen LogP contribution in [0, 0.1) is 0 Å². The minimum absolute atomic E-state index is 0.0272. The number of carbonyl (C=O) groups excluding carboxylic acids is 2. The molecule has 0 unspecified atom stereocenters. The fourth-order valence-corrected chi connectivity index (χ4v) is 4.51. The van der Waals surface area contributed by atoms with Crippen LogP contribution in [0.25, 0.3) is 17.0 Å². The van der Waals surface area contributed by atoms with Gasteiger partial charge in [-0.15, -0.1) is 0 Å². The Balaban J connectivity index is 1.17. The lowest BCUT2D eigenvalue weighted by Gasteiger charge is -2.31. The van der Waals surface area contributed by atoms with Gasteiger partial charge in [0.25, 0.3) is 5.91 Å². The van der Waals surface area contributed by atoms with Crippen LogP contribution in [0.15, 0.2) is 54.7 Å². The highest BCUT2D eigenvalue weighted by atomic mass is 16.5. The van der Waals surface area contributed by atoms with Gasteiger partial charge in [0.2, 0.25) is 5.91 Å². The van der Waals surface area contributed by atoms with Gasteiger partial charge in [-0.05, 0) is 79.1 Å². The Labute approximate surface area is 193 Å². The maximum Gasteiger partial charge on any atom is 0.251 e. The summed E-state index contributed by atoms with van der Waals surface area (Å²) in [4.78, 5) is 30.1. The molecule has 3 aromatic rings. The summed E-state index contributed by atoms with van der Waals surface area (Å²) in [5.74, 6) is 1.29. The average molecular weight is 444 g/mol. The average Bonchev–Trinajstić information content (AvgIpc) is 3.57. The summed E-state index contributed by atoms with van der Waals surface area (Å²) in [5, 5.41) is 4.19. The molecule has 170 valence electrons. The molecule has 2 N–H and O–H groups in total. The van der Waals surface area contributed by atoms with Gasteiger partial charge in [0, 0.05) is 47.9 Å². The highest BCUT2D eigenvalue weighted by Crippen LogP contribution is 2.34. The summed E-state index contributed by atoms with van der Waals surface area (Å²) in [6.45, 7) is 1.48. The Bertz CT molecular complexity index is 1180. The lowest BCUT2D eigenvalue weighted by molar-refractivity contribution is -0.126. The van der Waals surface area contributed by atoms with Gasteiger partial charge >= 0.3 is 0 Å². The van der Waals surface area contributed by atoms with E-state index in [-0.39, 0.29) is 11.8 Å². The summed E-state index contributed by atoms with van der Waals surface area (Å²) in [5.41, 5.74) is 3.98. The number of H-pyrrole nitrogens is 1. The first-order valence-corrected chi connectivity index (χ1v) is 11.6. The number of nitrogens with zero attached hydrogens (tertiary/aromatic N) is 1. The van der Waals surface area contributed by atoms with Crippen LogP contribution < -0.4 is 10.1 Å². The first-order chi connectivity index (χ1) is 16.1. The van der Waals surface area contributed by atoms with Crippen LogP contribution in [0.3, 0.4) is 0 Å². The second-order valence-electron chi connectivity index (χ2n) is 8.96. The third-order valence-corrected chi connectivity index (χ3v) is 6.67. The first kappa shape index (κ1) is 21.3. The number of piperidine rings is 1. The van der Waals surface area contributed by atoms with Crippen LogP contribution in [0.2, 0.25) is 0 Å². The maximum atomic E-state index is 12.7. The molecule has 0 spiro atoms. The molecular weight excluding hydrogens is 414 g/mol. The molecule has 1 aromatic heterocycles. The molecule has 0 atom stereocenters. The van der Waals surface area contributed by atoms with Crippen LogP contribution in [0.1, 0.15) is 53.1 Å². The molecule has 2 amide bonds. The number of benzene rings is 2. The van der Waals surface area contributed by atoms with E-state index in [1.165, 1.54) is 10.9 Å². The normalized spacial score (nSPS) is 16.9. The van der Waals surface area contributed by atoms with E-state index in [1.54, 1.807) is 13.2 Å². The van der Waals surface area contributed by atoms with Crippen molar-refractivity contribution in [2.45, 2.75) is 37.6 Å². The molecule has 2 aliphatic rings. The van der Waals surface area contributed by atoms with Crippen LogP contribution in [0.5, 0.6) is 5.75 Å². The highest BCUT2D eigenvalue weighted by Gasteiger charge is 2.25. The van der Waals surface area contributed by atoms with Gasteiger partial charge in [0.1, 0.15) is 5.75 Å². The number of carbonyl (C=O) groups is 2. The summed E-state index contributed by atoms with van der Waals surface area (Å²) in [6, 6.07) is 13.8. The minimum Gasteiger partial charge on any atom is -0.497 e. The molecule has 5 rings (SSSR count). The van der Waals surface area contributed by atoms with E-state index in [1.807, 2.05) is 47.4 Å². The molecule has 0 radical (unpaired) electrons. The zero-order valence-electron chi connectivity index (χ0n) is 18.8. The zero-order chi connectivity index (χ0) is 22.8. The first-order valence-electron chi connectivity index (χ1n) is 11.6. The number of methoxy groups -OCH3 is 1. The quantitative estimate of drug-likeness (QED) is 0.552.